The van der Waals surface area contributed by atoms with Crippen molar-refractivity contribution >= 4 is 35.6 Å². The van der Waals surface area contributed by atoms with E-state index in [0.29, 0.717) is 5.56 Å². The van der Waals surface area contributed by atoms with Gasteiger partial charge in [-0.2, -0.15) is 15.3 Å². The van der Waals surface area contributed by atoms with Crippen LogP contribution in [0.15, 0.2) is 33.5 Å². The lowest BCUT2D eigenvalue weighted by Crippen LogP contribution is -2.38. The Kier molecular flexibility index (Phi) is 3.76. The summed E-state index contributed by atoms with van der Waals surface area (Å²) in [6.07, 6.45) is 2.55. The zero-order chi connectivity index (χ0) is 13.8. The average molecular weight is 281 g/mol. The molecule has 98 valence electrons. The number of rotatable bonds is 2. The van der Waals surface area contributed by atoms with Crippen molar-refractivity contribution in [3.63, 3.8) is 0 Å². The molecular weight excluding hydrogens is 272 g/mol. The molecule has 8 heteroatoms. The zero-order valence-corrected chi connectivity index (χ0v) is 10.2. The van der Waals surface area contributed by atoms with Gasteiger partial charge in [0.15, 0.2) is 5.38 Å². The molecule has 1 aliphatic rings. The number of carbonyl (C=O) groups excluding carboxylic acids is 1. The Morgan fingerprint density at radius 3 is 2.95 bits per heavy atom. The fourth-order valence-corrected chi connectivity index (χ4v) is 1.44. The van der Waals surface area contributed by atoms with Crippen LogP contribution in [0.5, 0.6) is 11.5 Å². The minimum Gasteiger partial charge on any atom is -0.508 e. The van der Waals surface area contributed by atoms with E-state index in [1.165, 1.54) is 30.6 Å². The molecule has 19 heavy (non-hydrogen) atoms. The second kappa shape index (κ2) is 5.49. The number of amides is 1. The summed E-state index contributed by atoms with van der Waals surface area (Å²) < 4.78 is 0. The van der Waals surface area contributed by atoms with E-state index in [1.807, 2.05) is 0 Å². The first-order valence-electron chi connectivity index (χ1n) is 5.18. The van der Waals surface area contributed by atoms with Crippen molar-refractivity contribution < 1.29 is 15.0 Å². The third kappa shape index (κ3) is 3.08. The molecule has 2 rings (SSSR count). The number of hydrogen-bond donors (Lipinski definition) is 3. The molecule has 0 saturated carbocycles. The highest BCUT2D eigenvalue weighted by atomic mass is 35.5. The Labute approximate surface area is 112 Å². The number of phenolic OH excluding ortho intramolecular Hbond substituents is 2. The molecule has 7 nitrogen and oxygen atoms in total. The van der Waals surface area contributed by atoms with Crippen LogP contribution in [0, 0.1) is 0 Å². The number of hydrogen-bond acceptors (Lipinski definition) is 6. The predicted octanol–water partition coefficient (Wildman–Crippen LogP) is 0.596. The molecule has 0 aromatic heterocycles. The third-order valence-corrected chi connectivity index (χ3v) is 2.67. The predicted molar refractivity (Wildman–Crippen MR) is 71.1 cm³/mol. The van der Waals surface area contributed by atoms with Crippen LogP contribution in [0.25, 0.3) is 0 Å². The first kappa shape index (κ1) is 13.0. The fourth-order valence-electron chi connectivity index (χ4n) is 1.29. The number of aromatic hydroxyl groups is 2. The lowest BCUT2D eigenvalue weighted by Gasteiger charge is -2.10. The molecule has 1 atom stereocenters. The van der Waals surface area contributed by atoms with Gasteiger partial charge in [0, 0.05) is 11.6 Å². The third-order valence-electron chi connectivity index (χ3n) is 2.25. The quantitative estimate of drug-likeness (QED) is 0.419. The van der Waals surface area contributed by atoms with E-state index < -0.39 is 11.3 Å². The molecule has 0 saturated heterocycles. The lowest BCUT2D eigenvalue weighted by atomic mass is 10.2. The molecule has 1 aromatic carbocycles. The molecule has 0 bridgehead atoms. The summed E-state index contributed by atoms with van der Waals surface area (Å²) in [6.45, 7) is 0. The summed E-state index contributed by atoms with van der Waals surface area (Å²) in [5.41, 5.74) is 2.74. The van der Waals surface area contributed by atoms with E-state index in [9.17, 15) is 9.90 Å². The Bertz CT molecular complexity index is 598. The second-order valence-electron chi connectivity index (χ2n) is 3.61. The van der Waals surface area contributed by atoms with Crippen molar-refractivity contribution in [3.05, 3.63) is 23.8 Å². The molecule has 1 aliphatic heterocycles. The van der Waals surface area contributed by atoms with Crippen molar-refractivity contribution in [2.45, 2.75) is 5.38 Å². The van der Waals surface area contributed by atoms with Crippen LogP contribution in [-0.4, -0.2) is 39.6 Å². The van der Waals surface area contributed by atoms with Gasteiger partial charge in [0.25, 0.3) is 5.91 Å². The molecule has 1 unspecified atom stereocenters. The highest BCUT2D eigenvalue weighted by Gasteiger charge is 2.23. The Balaban J connectivity index is 2.17. The van der Waals surface area contributed by atoms with Gasteiger partial charge < -0.3 is 10.2 Å². The average Bonchev–Trinajstić information content (AvgIpc) is 2.37. The molecule has 0 radical (unpaired) electrons. The van der Waals surface area contributed by atoms with Gasteiger partial charge in [0.05, 0.1) is 12.4 Å². The Morgan fingerprint density at radius 2 is 2.21 bits per heavy atom. The number of halogens is 1. The summed E-state index contributed by atoms with van der Waals surface area (Å²) in [6, 6.07) is 4.04. The van der Waals surface area contributed by atoms with Crippen molar-refractivity contribution in [1.29, 1.82) is 0 Å². The van der Waals surface area contributed by atoms with Gasteiger partial charge in [0.1, 0.15) is 17.2 Å². The first-order chi connectivity index (χ1) is 9.08. The summed E-state index contributed by atoms with van der Waals surface area (Å²) in [4.78, 5) is 11.2. The van der Waals surface area contributed by atoms with Gasteiger partial charge in [-0.15, -0.1) is 11.6 Å². The Morgan fingerprint density at radius 1 is 1.42 bits per heavy atom. The minimum absolute atomic E-state index is 0.0575. The number of nitrogens with one attached hydrogen (secondary N) is 1. The number of hydrazone groups is 1. The summed E-state index contributed by atoms with van der Waals surface area (Å²) in [7, 11) is 0. The van der Waals surface area contributed by atoms with Gasteiger partial charge in [-0.1, -0.05) is 0 Å². The summed E-state index contributed by atoms with van der Waals surface area (Å²) in [5, 5.41) is 28.7. The highest BCUT2D eigenvalue weighted by molar-refractivity contribution is 6.54. The van der Waals surface area contributed by atoms with Crippen LogP contribution in [0.1, 0.15) is 5.56 Å². The monoisotopic (exact) mass is 280 g/mol. The maximum atomic E-state index is 11.2. The van der Waals surface area contributed by atoms with E-state index in [-0.39, 0.29) is 17.2 Å². The van der Waals surface area contributed by atoms with Crippen LogP contribution in [0.4, 0.5) is 0 Å². The van der Waals surface area contributed by atoms with Crippen LogP contribution in [0.3, 0.4) is 0 Å². The maximum absolute atomic E-state index is 11.2. The SMILES string of the molecule is O=C1NN=C/C(=N/N=C\c2ccc(O)cc2O)C1Cl. The molecule has 0 spiro atoms. The Hall–Kier alpha value is -2.41. The van der Waals surface area contributed by atoms with E-state index in [2.05, 4.69) is 20.7 Å². The van der Waals surface area contributed by atoms with E-state index >= 15 is 0 Å². The standard InChI is InChI=1S/C11H9ClN4O3/c12-10-8(5-14-16-11(10)19)15-13-4-6-1-2-7(17)3-9(6)18/h1-5,10,17-18H,(H,16,19)/b13-4-,15-8-. The maximum Gasteiger partial charge on any atom is 0.264 e. The smallest absolute Gasteiger partial charge is 0.264 e. The summed E-state index contributed by atoms with van der Waals surface area (Å²) >= 11 is 5.78. The van der Waals surface area contributed by atoms with E-state index in [4.69, 9.17) is 16.7 Å². The molecule has 0 fully saturated rings. The molecule has 1 amide bonds. The highest BCUT2D eigenvalue weighted by Crippen LogP contribution is 2.20. The van der Waals surface area contributed by atoms with Crippen LogP contribution >= 0.6 is 11.6 Å². The van der Waals surface area contributed by atoms with E-state index in [0.717, 1.165) is 0 Å². The first-order valence-corrected chi connectivity index (χ1v) is 5.61. The molecule has 3 N–H and O–H groups in total. The number of nitrogens with zero attached hydrogens (tertiary/aromatic N) is 3. The molecule has 1 heterocycles. The van der Waals surface area contributed by atoms with Crippen LogP contribution < -0.4 is 5.43 Å². The largest absolute Gasteiger partial charge is 0.508 e. The van der Waals surface area contributed by atoms with Crippen molar-refractivity contribution in [1.82, 2.24) is 5.43 Å². The number of benzene rings is 1. The summed E-state index contributed by atoms with van der Waals surface area (Å²) in [5.74, 6) is -0.676. The normalized spacial score (nSPS) is 21.0. The van der Waals surface area contributed by atoms with Gasteiger partial charge in [0.2, 0.25) is 0 Å². The van der Waals surface area contributed by atoms with Gasteiger partial charge in [-0.3, -0.25) is 4.79 Å². The van der Waals surface area contributed by atoms with Crippen molar-refractivity contribution in [2.24, 2.45) is 15.3 Å². The van der Waals surface area contributed by atoms with Gasteiger partial charge >= 0.3 is 0 Å². The van der Waals surface area contributed by atoms with Crippen molar-refractivity contribution in [2.75, 3.05) is 0 Å². The van der Waals surface area contributed by atoms with Crippen molar-refractivity contribution in [3.8, 4) is 11.5 Å². The van der Waals surface area contributed by atoms with E-state index in [1.54, 1.807) is 0 Å². The van der Waals surface area contributed by atoms with Gasteiger partial charge in [-0.25, -0.2) is 5.43 Å². The van der Waals surface area contributed by atoms with Crippen LogP contribution in [0.2, 0.25) is 0 Å². The lowest BCUT2D eigenvalue weighted by molar-refractivity contribution is -0.119. The molecular formula is C11H9ClN4O3. The number of carbonyl (C=O) groups is 1. The molecule has 1 aromatic rings. The van der Waals surface area contributed by atoms with Gasteiger partial charge in [-0.05, 0) is 12.1 Å². The second-order valence-corrected chi connectivity index (χ2v) is 4.05. The number of phenols is 2. The topological polar surface area (TPSA) is 107 Å². The number of alkyl halides is 1. The fraction of sp³-hybridized carbons (Fsp3) is 0.0909. The minimum atomic E-state index is -0.955. The molecule has 0 aliphatic carbocycles. The van der Waals surface area contributed by atoms with Crippen LogP contribution in [-0.2, 0) is 4.79 Å². The zero-order valence-electron chi connectivity index (χ0n) is 9.49.